The third-order valence-corrected chi connectivity index (χ3v) is 4.86. The summed E-state index contributed by atoms with van der Waals surface area (Å²) in [5.41, 5.74) is 1.23. The van der Waals surface area contributed by atoms with Gasteiger partial charge in [0, 0.05) is 24.4 Å². The highest BCUT2D eigenvalue weighted by Gasteiger charge is 2.19. The van der Waals surface area contributed by atoms with Crippen LogP contribution in [0, 0.1) is 11.6 Å². The number of halogens is 3. The largest absolute Gasteiger partial charge is 0.310 e. The molecule has 2 heterocycles. The van der Waals surface area contributed by atoms with Crippen LogP contribution in [0.2, 0.25) is 5.02 Å². The van der Waals surface area contributed by atoms with E-state index >= 15 is 0 Å². The predicted octanol–water partition coefficient (Wildman–Crippen LogP) is 3.66. The molecule has 0 saturated heterocycles. The lowest BCUT2D eigenvalue weighted by Crippen LogP contribution is -2.26. The van der Waals surface area contributed by atoms with Gasteiger partial charge in [0.25, 0.3) is 11.8 Å². The normalized spacial score (nSPS) is 10.8. The van der Waals surface area contributed by atoms with Gasteiger partial charge in [-0.2, -0.15) is 10.2 Å². The van der Waals surface area contributed by atoms with Crippen molar-refractivity contribution >= 4 is 34.9 Å². The van der Waals surface area contributed by atoms with Crippen LogP contribution in [0.3, 0.4) is 0 Å². The van der Waals surface area contributed by atoms with Crippen molar-refractivity contribution < 1.29 is 18.4 Å². The molecule has 2 aromatic carbocycles. The maximum atomic E-state index is 13.4. The fraction of sp³-hybridized carbons (Fsp3) is 0.0500. The molecule has 0 fully saturated rings. The Bertz CT molecular complexity index is 1290. The first-order valence-corrected chi connectivity index (χ1v) is 9.46. The molecular formula is C20H14ClF2N7O2. The van der Waals surface area contributed by atoms with Crippen molar-refractivity contribution in [2.45, 2.75) is 0 Å². The summed E-state index contributed by atoms with van der Waals surface area (Å²) >= 11 is 5.81. The van der Waals surface area contributed by atoms with Crippen molar-refractivity contribution in [3.63, 3.8) is 0 Å². The molecule has 3 N–H and O–H groups in total. The zero-order valence-corrected chi connectivity index (χ0v) is 17.1. The topological polar surface area (TPSA) is 120 Å². The van der Waals surface area contributed by atoms with Gasteiger partial charge < -0.3 is 10.2 Å². The Morgan fingerprint density at radius 1 is 1.06 bits per heavy atom. The lowest BCUT2D eigenvalue weighted by molar-refractivity contribution is 0.0986. The van der Waals surface area contributed by atoms with Crippen molar-refractivity contribution in [3.05, 3.63) is 76.7 Å². The first-order valence-electron chi connectivity index (χ1n) is 9.08. The summed E-state index contributed by atoms with van der Waals surface area (Å²) in [6, 6.07) is 9.73. The van der Waals surface area contributed by atoms with Crippen LogP contribution in [-0.4, -0.2) is 44.2 Å². The second-order valence-corrected chi connectivity index (χ2v) is 7.02. The third-order valence-electron chi connectivity index (χ3n) is 4.55. The van der Waals surface area contributed by atoms with E-state index in [0.29, 0.717) is 23.6 Å². The Labute approximate surface area is 184 Å². The fourth-order valence-corrected chi connectivity index (χ4v) is 3.10. The van der Waals surface area contributed by atoms with Crippen LogP contribution in [0.1, 0.15) is 20.8 Å². The smallest absolute Gasteiger partial charge is 0.276 e. The monoisotopic (exact) mass is 457 g/mol. The Morgan fingerprint density at radius 3 is 2.47 bits per heavy atom. The summed E-state index contributed by atoms with van der Waals surface area (Å²) in [5, 5.41) is 15.1. The number of carbonyl (C=O) groups is 2. The van der Waals surface area contributed by atoms with E-state index in [2.05, 4.69) is 30.7 Å². The lowest BCUT2D eigenvalue weighted by Gasteiger charge is -2.16. The van der Waals surface area contributed by atoms with E-state index in [1.54, 1.807) is 31.3 Å². The molecule has 12 heteroatoms. The summed E-state index contributed by atoms with van der Waals surface area (Å²) in [6.07, 6.45) is 1.40. The first-order chi connectivity index (χ1) is 15.3. The van der Waals surface area contributed by atoms with Crippen LogP contribution in [0.5, 0.6) is 0 Å². The third kappa shape index (κ3) is 4.18. The molecule has 4 aromatic rings. The maximum absolute atomic E-state index is 13.4. The molecule has 2 amide bonds. The van der Waals surface area contributed by atoms with E-state index in [4.69, 9.17) is 11.6 Å². The van der Waals surface area contributed by atoms with E-state index in [-0.39, 0.29) is 22.1 Å². The highest BCUT2D eigenvalue weighted by atomic mass is 35.5. The number of amides is 2. The summed E-state index contributed by atoms with van der Waals surface area (Å²) in [5.74, 6) is -3.01. The number of benzene rings is 2. The number of H-pyrrole nitrogens is 2. The van der Waals surface area contributed by atoms with Gasteiger partial charge in [0.05, 0.1) is 10.6 Å². The first kappa shape index (κ1) is 21.1. The van der Waals surface area contributed by atoms with E-state index in [9.17, 15) is 18.4 Å². The summed E-state index contributed by atoms with van der Waals surface area (Å²) < 4.78 is 26.6. The van der Waals surface area contributed by atoms with Crippen molar-refractivity contribution in [1.29, 1.82) is 0 Å². The van der Waals surface area contributed by atoms with Crippen molar-refractivity contribution in [3.8, 4) is 11.4 Å². The van der Waals surface area contributed by atoms with Gasteiger partial charge in [-0.05, 0) is 36.4 Å². The van der Waals surface area contributed by atoms with Gasteiger partial charge in [0.1, 0.15) is 12.0 Å². The molecule has 9 nitrogen and oxygen atoms in total. The zero-order chi connectivity index (χ0) is 22.8. The summed E-state index contributed by atoms with van der Waals surface area (Å²) in [6.45, 7) is 0. The van der Waals surface area contributed by atoms with Gasteiger partial charge in [-0.3, -0.25) is 19.8 Å². The van der Waals surface area contributed by atoms with E-state index in [1.807, 2.05) is 0 Å². The van der Waals surface area contributed by atoms with Crippen LogP contribution in [-0.2, 0) is 0 Å². The van der Waals surface area contributed by atoms with E-state index in [0.717, 1.165) is 5.56 Å². The molecule has 162 valence electrons. The lowest BCUT2D eigenvalue weighted by atomic mass is 10.2. The number of nitrogens with zero attached hydrogens (tertiary/aromatic N) is 4. The van der Waals surface area contributed by atoms with Crippen LogP contribution >= 0.6 is 11.6 Å². The minimum atomic E-state index is -1.21. The molecule has 0 bridgehead atoms. The second kappa shape index (κ2) is 8.55. The predicted molar refractivity (Wildman–Crippen MR) is 112 cm³/mol. The summed E-state index contributed by atoms with van der Waals surface area (Å²) in [4.78, 5) is 30.5. The Kier molecular flexibility index (Phi) is 5.65. The second-order valence-electron chi connectivity index (χ2n) is 6.61. The summed E-state index contributed by atoms with van der Waals surface area (Å²) in [7, 11) is 1.58. The number of hydrogen-bond donors (Lipinski definition) is 3. The average Bonchev–Trinajstić information content (AvgIpc) is 3.48. The SMILES string of the molecule is CN(C(=O)c1cc(NC(=O)c2cc(F)c(F)cc2Cl)n[nH]1)c1ccc(-c2ncn[nH]2)cc1. The molecule has 0 saturated carbocycles. The number of hydrogen-bond acceptors (Lipinski definition) is 5. The van der Waals surface area contributed by atoms with E-state index in [1.165, 1.54) is 17.3 Å². The van der Waals surface area contributed by atoms with Gasteiger partial charge in [-0.25, -0.2) is 13.8 Å². The molecule has 0 atom stereocenters. The molecular weight excluding hydrogens is 444 g/mol. The molecule has 32 heavy (non-hydrogen) atoms. The minimum Gasteiger partial charge on any atom is -0.310 e. The van der Waals surface area contributed by atoms with Gasteiger partial charge in [-0.1, -0.05) is 11.6 Å². The van der Waals surface area contributed by atoms with Crippen LogP contribution < -0.4 is 10.2 Å². The molecule has 0 aliphatic rings. The molecule has 0 radical (unpaired) electrons. The highest BCUT2D eigenvalue weighted by molar-refractivity contribution is 6.34. The molecule has 0 aliphatic heterocycles. The van der Waals surface area contributed by atoms with Gasteiger partial charge in [-0.15, -0.1) is 0 Å². The average molecular weight is 458 g/mol. The minimum absolute atomic E-state index is 0.00761. The van der Waals surface area contributed by atoms with Crippen molar-refractivity contribution in [2.75, 3.05) is 17.3 Å². The quantitative estimate of drug-likeness (QED) is 0.395. The fourth-order valence-electron chi connectivity index (χ4n) is 2.86. The Balaban J connectivity index is 1.46. The number of carbonyl (C=O) groups excluding carboxylic acids is 2. The van der Waals surface area contributed by atoms with Crippen LogP contribution in [0.25, 0.3) is 11.4 Å². The molecule has 0 spiro atoms. The number of nitrogens with one attached hydrogen (secondary N) is 3. The highest BCUT2D eigenvalue weighted by Crippen LogP contribution is 2.23. The van der Waals surface area contributed by atoms with Gasteiger partial charge in [0.15, 0.2) is 23.3 Å². The van der Waals surface area contributed by atoms with Crippen molar-refractivity contribution in [1.82, 2.24) is 25.4 Å². The van der Waals surface area contributed by atoms with E-state index < -0.39 is 23.4 Å². The Hall–Kier alpha value is -4.12. The molecule has 2 aromatic heterocycles. The molecule has 0 unspecified atom stereocenters. The number of rotatable bonds is 5. The van der Waals surface area contributed by atoms with Gasteiger partial charge >= 0.3 is 0 Å². The number of anilines is 2. The Morgan fingerprint density at radius 2 is 1.78 bits per heavy atom. The maximum Gasteiger partial charge on any atom is 0.276 e. The number of aromatic amines is 2. The van der Waals surface area contributed by atoms with Crippen molar-refractivity contribution in [2.24, 2.45) is 0 Å². The standard InChI is InChI=1S/C20H14ClF2N7O2/c1-30(11-4-2-10(3-5-11)18-24-9-25-29-18)20(32)16-8-17(28-27-16)26-19(31)12-6-14(22)15(23)7-13(12)21/h2-9H,1H3,(H,24,25,29)(H2,26,27,28,31). The zero-order valence-electron chi connectivity index (χ0n) is 16.4. The molecule has 4 rings (SSSR count). The van der Waals surface area contributed by atoms with Gasteiger partial charge in [0.2, 0.25) is 0 Å². The molecule has 0 aliphatic carbocycles. The van der Waals surface area contributed by atoms with Crippen LogP contribution in [0.4, 0.5) is 20.3 Å². The van der Waals surface area contributed by atoms with Crippen LogP contribution in [0.15, 0.2) is 48.8 Å². The number of aromatic nitrogens is 5.